The van der Waals surface area contributed by atoms with Crippen LogP contribution in [0.3, 0.4) is 0 Å². The second kappa shape index (κ2) is 5.23. The standard InChI is InChI=1S/C17H21NO2/c1-11-7-8-14(12(2)17(11)19-3)18-15-5-4-6-16-13(15)9-10-20-16/h7-10,15,18H,4-6H2,1-3H3. The molecule has 1 N–H and O–H groups in total. The van der Waals surface area contributed by atoms with Gasteiger partial charge in [0, 0.05) is 23.2 Å². The monoisotopic (exact) mass is 271 g/mol. The summed E-state index contributed by atoms with van der Waals surface area (Å²) in [7, 11) is 1.73. The molecule has 1 aromatic carbocycles. The van der Waals surface area contributed by atoms with E-state index in [4.69, 9.17) is 9.15 Å². The predicted molar refractivity (Wildman–Crippen MR) is 80.5 cm³/mol. The Morgan fingerprint density at radius 2 is 2.10 bits per heavy atom. The molecule has 0 radical (unpaired) electrons. The van der Waals surface area contributed by atoms with Gasteiger partial charge < -0.3 is 14.5 Å². The first-order chi connectivity index (χ1) is 9.70. The van der Waals surface area contributed by atoms with Crippen molar-refractivity contribution in [2.24, 2.45) is 0 Å². The topological polar surface area (TPSA) is 34.4 Å². The van der Waals surface area contributed by atoms with E-state index in [1.807, 2.05) is 0 Å². The molecule has 1 aromatic heterocycles. The van der Waals surface area contributed by atoms with Gasteiger partial charge in [-0.25, -0.2) is 0 Å². The van der Waals surface area contributed by atoms with Crippen LogP contribution in [0.5, 0.6) is 5.75 Å². The van der Waals surface area contributed by atoms with Gasteiger partial charge in [0.25, 0.3) is 0 Å². The average molecular weight is 271 g/mol. The molecule has 106 valence electrons. The molecule has 1 unspecified atom stereocenters. The second-order valence-electron chi connectivity index (χ2n) is 5.48. The molecular weight excluding hydrogens is 250 g/mol. The van der Waals surface area contributed by atoms with Crippen LogP contribution in [0.4, 0.5) is 5.69 Å². The van der Waals surface area contributed by atoms with Crippen LogP contribution in [0.25, 0.3) is 0 Å². The van der Waals surface area contributed by atoms with Gasteiger partial charge >= 0.3 is 0 Å². The number of benzene rings is 1. The largest absolute Gasteiger partial charge is 0.496 e. The van der Waals surface area contributed by atoms with Gasteiger partial charge in [0.2, 0.25) is 0 Å². The zero-order chi connectivity index (χ0) is 14.1. The molecule has 0 amide bonds. The molecule has 0 spiro atoms. The zero-order valence-corrected chi connectivity index (χ0v) is 12.3. The van der Waals surface area contributed by atoms with E-state index in [0.717, 1.165) is 30.0 Å². The molecule has 0 fully saturated rings. The lowest BCUT2D eigenvalue weighted by molar-refractivity contribution is 0.408. The fraction of sp³-hybridized carbons (Fsp3) is 0.412. The number of hydrogen-bond donors (Lipinski definition) is 1. The number of nitrogens with one attached hydrogen (secondary N) is 1. The summed E-state index contributed by atoms with van der Waals surface area (Å²) in [6.07, 6.45) is 5.16. The fourth-order valence-electron chi connectivity index (χ4n) is 3.12. The van der Waals surface area contributed by atoms with Crippen molar-refractivity contribution in [2.75, 3.05) is 12.4 Å². The predicted octanol–water partition coefficient (Wildman–Crippen LogP) is 4.39. The van der Waals surface area contributed by atoms with E-state index in [-0.39, 0.29) is 0 Å². The molecule has 1 heterocycles. The van der Waals surface area contributed by atoms with Gasteiger partial charge in [-0.05, 0) is 44.4 Å². The Bertz CT molecular complexity index is 615. The first kappa shape index (κ1) is 13.1. The van der Waals surface area contributed by atoms with Crippen molar-refractivity contribution in [3.8, 4) is 5.75 Å². The number of fused-ring (bicyclic) bond motifs is 1. The zero-order valence-electron chi connectivity index (χ0n) is 12.3. The van der Waals surface area contributed by atoms with Crippen LogP contribution in [0.1, 0.15) is 41.3 Å². The summed E-state index contributed by atoms with van der Waals surface area (Å²) in [6.45, 7) is 4.18. The van der Waals surface area contributed by atoms with E-state index in [1.54, 1.807) is 13.4 Å². The van der Waals surface area contributed by atoms with Crippen molar-refractivity contribution in [3.63, 3.8) is 0 Å². The molecule has 3 rings (SSSR count). The van der Waals surface area contributed by atoms with Crippen LogP contribution in [-0.4, -0.2) is 7.11 Å². The first-order valence-electron chi connectivity index (χ1n) is 7.17. The molecule has 0 saturated carbocycles. The highest BCUT2D eigenvalue weighted by atomic mass is 16.5. The Kier molecular flexibility index (Phi) is 3.43. The van der Waals surface area contributed by atoms with E-state index in [2.05, 4.69) is 37.4 Å². The van der Waals surface area contributed by atoms with Crippen molar-refractivity contribution in [3.05, 3.63) is 46.9 Å². The van der Waals surface area contributed by atoms with E-state index < -0.39 is 0 Å². The number of hydrogen-bond acceptors (Lipinski definition) is 3. The third-order valence-electron chi connectivity index (χ3n) is 4.19. The van der Waals surface area contributed by atoms with Crippen LogP contribution >= 0.6 is 0 Å². The highest BCUT2D eigenvalue weighted by Gasteiger charge is 2.23. The number of rotatable bonds is 3. The summed E-state index contributed by atoms with van der Waals surface area (Å²) in [5, 5.41) is 3.65. The van der Waals surface area contributed by atoms with E-state index in [9.17, 15) is 0 Å². The van der Waals surface area contributed by atoms with Crippen LogP contribution < -0.4 is 10.1 Å². The number of ether oxygens (including phenoxy) is 1. The summed E-state index contributed by atoms with van der Waals surface area (Å²) in [5.74, 6) is 2.10. The van der Waals surface area contributed by atoms with Crippen LogP contribution in [-0.2, 0) is 6.42 Å². The molecule has 3 heteroatoms. The summed E-state index contributed by atoms with van der Waals surface area (Å²) >= 11 is 0. The van der Waals surface area contributed by atoms with Crippen molar-refractivity contribution in [1.29, 1.82) is 0 Å². The van der Waals surface area contributed by atoms with Gasteiger partial charge in [-0.15, -0.1) is 0 Å². The Hall–Kier alpha value is -1.90. The summed E-state index contributed by atoms with van der Waals surface area (Å²) in [6, 6.07) is 6.67. The molecule has 0 saturated heterocycles. The second-order valence-corrected chi connectivity index (χ2v) is 5.48. The molecule has 3 nitrogen and oxygen atoms in total. The van der Waals surface area contributed by atoms with Crippen molar-refractivity contribution < 1.29 is 9.15 Å². The van der Waals surface area contributed by atoms with Crippen LogP contribution in [0, 0.1) is 13.8 Å². The lowest BCUT2D eigenvalue weighted by atomic mass is 9.93. The van der Waals surface area contributed by atoms with Gasteiger partial charge in [-0.1, -0.05) is 6.07 Å². The Balaban J connectivity index is 1.90. The van der Waals surface area contributed by atoms with Crippen LogP contribution in [0.2, 0.25) is 0 Å². The van der Waals surface area contributed by atoms with E-state index in [0.29, 0.717) is 6.04 Å². The smallest absolute Gasteiger partial charge is 0.126 e. The number of furan rings is 1. The summed E-state index contributed by atoms with van der Waals surface area (Å²) < 4.78 is 11.1. The van der Waals surface area contributed by atoms with Crippen molar-refractivity contribution >= 4 is 5.69 Å². The Morgan fingerprint density at radius 1 is 1.25 bits per heavy atom. The van der Waals surface area contributed by atoms with Gasteiger partial charge in [-0.2, -0.15) is 0 Å². The average Bonchev–Trinajstić information content (AvgIpc) is 2.92. The van der Waals surface area contributed by atoms with Gasteiger partial charge in [0.15, 0.2) is 0 Å². The highest BCUT2D eigenvalue weighted by molar-refractivity contribution is 5.60. The Morgan fingerprint density at radius 3 is 2.90 bits per heavy atom. The molecular formula is C17H21NO2. The maximum Gasteiger partial charge on any atom is 0.126 e. The maximum atomic E-state index is 5.55. The Labute approximate surface area is 119 Å². The van der Waals surface area contributed by atoms with E-state index >= 15 is 0 Å². The van der Waals surface area contributed by atoms with Gasteiger partial charge in [0.1, 0.15) is 11.5 Å². The number of anilines is 1. The first-order valence-corrected chi connectivity index (χ1v) is 7.17. The fourth-order valence-corrected chi connectivity index (χ4v) is 3.12. The molecule has 20 heavy (non-hydrogen) atoms. The normalized spacial score (nSPS) is 17.6. The van der Waals surface area contributed by atoms with Crippen molar-refractivity contribution in [1.82, 2.24) is 0 Å². The highest BCUT2D eigenvalue weighted by Crippen LogP contribution is 2.36. The minimum atomic E-state index is 0.337. The lowest BCUT2D eigenvalue weighted by Crippen LogP contribution is -2.16. The van der Waals surface area contributed by atoms with Gasteiger partial charge in [-0.3, -0.25) is 0 Å². The summed E-state index contributed by atoms with van der Waals surface area (Å²) in [4.78, 5) is 0. The quantitative estimate of drug-likeness (QED) is 0.898. The minimum absolute atomic E-state index is 0.337. The third-order valence-corrected chi connectivity index (χ3v) is 4.19. The minimum Gasteiger partial charge on any atom is -0.496 e. The maximum absolute atomic E-state index is 5.55. The van der Waals surface area contributed by atoms with Gasteiger partial charge in [0.05, 0.1) is 19.4 Å². The summed E-state index contributed by atoms with van der Waals surface area (Å²) in [5.41, 5.74) is 4.79. The third kappa shape index (κ3) is 2.17. The van der Waals surface area contributed by atoms with Crippen LogP contribution in [0.15, 0.2) is 28.9 Å². The number of aryl methyl sites for hydroxylation is 2. The number of methoxy groups -OCH3 is 1. The molecule has 1 atom stereocenters. The molecule has 1 aliphatic rings. The molecule has 2 aromatic rings. The van der Waals surface area contributed by atoms with E-state index in [1.165, 1.54) is 23.1 Å². The lowest BCUT2D eigenvalue weighted by Gasteiger charge is -2.25. The SMILES string of the molecule is COc1c(C)ccc(NC2CCCc3occc32)c1C. The molecule has 0 bridgehead atoms. The molecule has 0 aliphatic heterocycles. The molecule has 1 aliphatic carbocycles. The van der Waals surface area contributed by atoms with Crippen molar-refractivity contribution in [2.45, 2.75) is 39.2 Å².